The second-order valence-electron chi connectivity index (χ2n) is 7.60. The molecule has 2 aromatic carbocycles. The highest BCUT2D eigenvalue weighted by atomic mass is 16.6. The minimum Gasteiger partial charge on any atom is -0.494 e. The number of imide groups is 1. The summed E-state index contributed by atoms with van der Waals surface area (Å²) in [7, 11) is 1.33. The molecular weight excluding hydrogens is 392 g/mol. The molecule has 1 heterocycles. The molecule has 4 amide bonds. The van der Waals surface area contributed by atoms with Crippen LogP contribution in [0, 0.1) is 10.1 Å². The predicted molar refractivity (Wildman–Crippen MR) is 109 cm³/mol. The number of anilines is 2. The van der Waals surface area contributed by atoms with Gasteiger partial charge in [-0.05, 0) is 45.0 Å². The molecular formula is C20H20N4O6. The molecule has 0 spiro atoms. The number of rotatable bonds is 4. The van der Waals surface area contributed by atoms with Crippen molar-refractivity contribution in [2.45, 2.75) is 26.3 Å². The molecule has 10 nitrogen and oxygen atoms in total. The SMILES string of the molecule is COc1cc([N+](=O)[O-])ccc1NC(=O)Nc1ccc2c(c1)C(=O)N(C(C)(C)C)C2=O. The molecule has 0 atom stereocenters. The Morgan fingerprint density at radius 3 is 2.30 bits per heavy atom. The quantitative estimate of drug-likeness (QED) is 0.448. The van der Waals surface area contributed by atoms with Gasteiger partial charge < -0.3 is 15.4 Å². The molecule has 1 aliphatic rings. The highest BCUT2D eigenvalue weighted by Gasteiger charge is 2.41. The van der Waals surface area contributed by atoms with Crippen molar-refractivity contribution in [1.82, 2.24) is 4.90 Å². The number of nitrogens with one attached hydrogen (secondary N) is 2. The Morgan fingerprint density at radius 2 is 1.70 bits per heavy atom. The lowest BCUT2D eigenvalue weighted by Crippen LogP contribution is -2.45. The van der Waals surface area contributed by atoms with Crippen molar-refractivity contribution in [3.63, 3.8) is 0 Å². The van der Waals surface area contributed by atoms with Crippen LogP contribution < -0.4 is 15.4 Å². The molecule has 0 unspecified atom stereocenters. The van der Waals surface area contributed by atoms with Crippen LogP contribution >= 0.6 is 0 Å². The fourth-order valence-electron chi connectivity index (χ4n) is 3.11. The van der Waals surface area contributed by atoms with Crippen LogP contribution in [0.25, 0.3) is 0 Å². The van der Waals surface area contributed by atoms with Gasteiger partial charge in [0.15, 0.2) is 0 Å². The number of nitrogens with zero attached hydrogens (tertiary/aromatic N) is 2. The van der Waals surface area contributed by atoms with E-state index in [0.717, 1.165) is 0 Å². The van der Waals surface area contributed by atoms with Crippen molar-refractivity contribution in [1.29, 1.82) is 0 Å². The normalized spacial score (nSPS) is 13.1. The summed E-state index contributed by atoms with van der Waals surface area (Å²) in [5.41, 5.74) is 0.169. The average molecular weight is 412 g/mol. The summed E-state index contributed by atoms with van der Waals surface area (Å²) in [5.74, 6) is -0.687. The highest BCUT2D eigenvalue weighted by molar-refractivity contribution is 6.22. The number of carbonyl (C=O) groups is 3. The van der Waals surface area contributed by atoms with Gasteiger partial charge in [-0.3, -0.25) is 24.6 Å². The lowest BCUT2D eigenvalue weighted by atomic mass is 10.1. The number of ether oxygens (including phenoxy) is 1. The number of nitro benzene ring substituents is 1. The van der Waals surface area contributed by atoms with Gasteiger partial charge in [-0.2, -0.15) is 0 Å². The summed E-state index contributed by atoms with van der Waals surface area (Å²) in [6, 6.07) is 7.57. The zero-order valence-corrected chi connectivity index (χ0v) is 16.8. The Labute approximate surface area is 172 Å². The van der Waals surface area contributed by atoms with E-state index < -0.39 is 22.4 Å². The Morgan fingerprint density at radius 1 is 1.03 bits per heavy atom. The maximum atomic E-state index is 12.7. The molecule has 30 heavy (non-hydrogen) atoms. The maximum Gasteiger partial charge on any atom is 0.323 e. The van der Waals surface area contributed by atoms with Gasteiger partial charge in [0.2, 0.25) is 0 Å². The molecule has 3 rings (SSSR count). The van der Waals surface area contributed by atoms with Crippen molar-refractivity contribution in [3.05, 3.63) is 57.6 Å². The van der Waals surface area contributed by atoms with Gasteiger partial charge >= 0.3 is 6.03 Å². The number of hydrogen-bond donors (Lipinski definition) is 2. The van der Waals surface area contributed by atoms with Crippen molar-refractivity contribution in [2.75, 3.05) is 17.7 Å². The predicted octanol–water partition coefficient (Wildman–Crippen LogP) is 3.64. The second-order valence-corrected chi connectivity index (χ2v) is 7.60. The lowest BCUT2D eigenvalue weighted by molar-refractivity contribution is -0.384. The van der Waals surface area contributed by atoms with Crippen LogP contribution in [0.1, 0.15) is 41.5 Å². The molecule has 0 saturated heterocycles. The maximum absolute atomic E-state index is 12.7. The van der Waals surface area contributed by atoms with Crippen LogP contribution in [0.4, 0.5) is 21.9 Å². The van der Waals surface area contributed by atoms with Crippen molar-refractivity contribution < 1.29 is 24.0 Å². The molecule has 156 valence electrons. The number of benzene rings is 2. The molecule has 0 saturated carbocycles. The van der Waals surface area contributed by atoms with Crippen molar-refractivity contribution in [3.8, 4) is 5.75 Å². The van der Waals surface area contributed by atoms with Gasteiger partial charge in [0, 0.05) is 17.3 Å². The fraction of sp³-hybridized carbons (Fsp3) is 0.250. The first-order valence-electron chi connectivity index (χ1n) is 8.96. The van der Waals surface area contributed by atoms with Gasteiger partial charge in [0.1, 0.15) is 5.75 Å². The van der Waals surface area contributed by atoms with Crippen LogP contribution in [0.2, 0.25) is 0 Å². The zero-order valence-electron chi connectivity index (χ0n) is 16.8. The van der Waals surface area contributed by atoms with Crippen LogP contribution in [-0.2, 0) is 0 Å². The Bertz CT molecular complexity index is 1070. The Balaban J connectivity index is 1.79. The summed E-state index contributed by atoms with van der Waals surface area (Å²) in [6.07, 6.45) is 0. The molecule has 1 aliphatic heterocycles. The van der Waals surface area contributed by atoms with Gasteiger partial charge in [-0.15, -0.1) is 0 Å². The molecule has 0 bridgehead atoms. The molecule has 2 N–H and O–H groups in total. The minimum absolute atomic E-state index is 0.120. The topological polar surface area (TPSA) is 131 Å². The molecule has 0 aromatic heterocycles. The van der Waals surface area contributed by atoms with Gasteiger partial charge in [-0.25, -0.2) is 4.79 Å². The first-order valence-corrected chi connectivity index (χ1v) is 8.96. The zero-order chi connectivity index (χ0) is 22.2. The van der Waals surface area contributed by atoms with E-state index in [1.807, 2.05) is 0 Å². The van der Waals surface area contributed by atoms with Crippen LogP contribution in [-0.4, -0.2) is 40.3 Å². The molecule has 10 heteroatoms. The van der Waals surface area contributed by atoms with E-state index in [0.29, 0.717) is 5.69 Å². The summed E-state index contributed by atoms with van der Waals surface area (Å²) in [6.45, 7) is 5.29. The number of amides is 4. The van der Waals surface area contributed by atoms with E-state index in [4.69, 9.17) is 4.74 Å². The number of urea groups is 1. The van der Waals surface area contributed by atoms with Gasteiger partial charge in [0.05, 0.1) is 34.9 Å². The van der Waals surface area contributed by atoms with Crippen LogP contribution in [0.3, 0.4) is 0 Å². The number of carbonyl (C=O) groups excluding carboxylic acids is 3. The fourth-order valence-corrected chi connectivity index (χ4v) is 3.11. The van der Waals surface area contributed by atoms with Crippen molar-refractivity contribution >= 4 is 34.9 Å². The molecule has 0 fully saturated rings. The smallest absolute Gasteiger partial charge is 0.323 e. The Kier molecular flexibility index (Phi) is 5.17. The first-order chi connectivity index (χ1) is 14.0. The van der Waals surface area contributed by atoms with E-state index in [1.54, 1.807) is 20.8 Å². The van der Waals surface area contributed by atoms with Gasteiger partial charge in [0.25, 0.3) is 17.5 Å². The third-order valence-electron chi connectivity index (χ3n) is 4.46. The summed E-state index contributed by atoms with van der Waals surface area (Å²) in [4.78, 5) is 49.0. The van der Waals surface area contributed by atoms with E-state index >= 15 is 0 Å². The highest BCUT2D eigenvalue weighted by Crippen LogP contribution is 2.32. The summed E-state index contributed by atoms with van der Waals surface area (Å²) in [5, 5.41) is 16.0. The van der Waals surface area contributed by atoms with E-state index in [1.165, 1.54) is 48.4 Å². The van der Waals surface area contributed by atoms with E-state index in [9.17, 15) is 24.5 Å². The van der Waals surface area contributed by atoms with Crippen LogP contribution in [0.15, 0.2) is 36.4 Å². The second kappa shape index (κ2) is 7.47. The number of methoxy groups -OCH3 is 1. The number of hydrogen-bond acceptors (Lipinski definition) is 6. The standard InChI is InChI=1S/C20H20N4O6/c1-20(2,3)23-17(25)13-7-5-11(9-14(13)18(23)26)21-19(27)22-15-8-6-12(24(28)29)10-16(15)30-4/h5-10H,1-4H3,(H2,21,22,27). The summed E-state index contributed by atoms with van der Waals surface area (Å²) >= 11 is 0. The average Bonchev–Trinajstić information content (AvgIpc) is 2.91. The largest absolute Gasteiger partial charge is 0.494 e. The third-order valence-corrected chi connectivity index (χ3v) is 4.46. The lowest BCUT2D eigenvalue weighted by Gasteiger charge is -2.29. The van der Waals surface area contributed by atoms with Crippen LogP contribution in [0.5, 0.6) is 5.75 Å². The van der Waals surface area contributed by atoms with Crippen molar-refractivity contribution in [2.24, 2.45) is 0 Å². The summed E-state index contributed by atoms with van der Waals surface area (Å²) < 4.78 is 5.08. The number of nitro groups is 1. The third kappa shape index (κ3) is 3.79. The Hall–Kier alpha value is -3.95. The molecule has 0 aliphatic carbocycles. The number of non-ortho nitro benzene ring substituents is 1. The van der Waals surface area contributed by atoms with Gasteiger partial charge in [-0.1, -0.05) is 0 Å². The van der Waals surface area contributed by atoms with E-state index in [-0.39, 0.29) is 34.2 Å². The van der Waals surface area contributed by atoms with E-state index in [2.05, 4.69) is 10.6 Å². The minimum atomic E-state index is -0.676. The monoisotopic (exact) mass is 412 g/mol. The first kappa shape index (κ1) is 20.8. The molecule has 2 aromatic rings. The number of fused-ring (bicyclic) bond motifs is 1. The molecule has 0 radical (unpaired) electrons.